The van der Waals surface area contributed by atoms with Crippen LogP contribution < -0.4 is 15.4 Å². The van der Waals surface area contributed by atoms with Crippen LogP contribution in [-0.4, -0.2) is 28.7 Å². The highest BCUT2D eigenvalue weighted by Gasteiger charge is 2.51. The monoisotopic (exact) mass is 455 g/mol. The molecule has 7 nitrogen and oxygen atoms in total. The molecule has 3 N–H and O–H groups in total. The second kappa shape index (κ2) is 8.84. The Morgan fingerprint density at radius 3 is 2.38 bits per heavy atom. The highest BCUT2D eigenvalue weighted by molar-refractivity contribution is 6.33. The summed E-state index contributed by atoms with van der Waals surface area (Å²) in [5.74, 6) is -0.953. The topological polar surface area (TPSA) is 101 Å². The molecule has 32 heavy (non-hydrogen) atoms. The van der Waals surface area contributed by atoms with Gasteiger partial charge in [-0.2, -0.15) is 0 Å². The fraction of sp³-hybridized carbons (Fsp3) is 0.174. The average Bonchev–Trinajstić information content (AvgIpc) is 3.57. The van der Waals surface area contributed by atoms with E-state index >= 15 is 0 Å². The number of halogens is 2. The number of pyridine rings is 1. The summed E-state index contributed by atoms with van der Waals surface area (Å²) >= 11 is 5.91. The molecule has 0 radical (unpaired) electrons. The summed E-state index contributed by atoms with van der Waals surface area (Å²) in [6.45, 7) is 0.111. The van der Waals surface area contributed by atoms with Gasteiger partial charge in [0.1, 0.15) is 17.8 Å². The Morgan fingerprint density at radius 1 is 1.06 bits per heavy atom. The number of carboxylic acid groups (broad SMARTS) is 1. The molecule has 0 atom stereocenters. The van der Waals surface area contributed by atoms with E-state index in [4.69, 9.17) is 16.3 Å². The maximum Gasteiger partial charge on any atom is 0.323 e. The first kappa shape index (κ1) is 21.6. The number of hydrogen-bond acceptors (Lipinski definition) is 4. The van der Waals surface area contributed by atoms with Crippen LogP contribution in [0.2, 0.25) is 5.02 Å². The van der Waals surface area contributed by atoms with Crippen molar-refractivity contribution < 1.29 is 23.8 Å². The largest absolute Gasteiger partial charge is 0.481 e. The van der Waals surface area contributed by atoms with Crippen LogP contribution in [0.15, 0.2) is 60.8 Å². The summed E-state index contributed by atoms with van der Waals surface area (Å²) in [7, 11) is 0. The average molecular weight is 456 g/mol. The molecular formula is C23H19ClFN3O4. The number of nitrogens with zero attached hydrogens (tertiary/aromatic N) is 1. The van der Waals surface area contributed by atoms with Gasteiger partial charge in [0.05, 0.1) is 10.7 Å². The van der Waals surface area contributed by atoms with Crippen LogP contribution in [0.5, 0.6) is 5.88 Å². The van der Waals surface area contributed by atoms with Gasteiger partial charge in [0.15, 0.2) is 0 Å². The minimum atomic E-state index is -0.836. The molecule has 9 heteroatoms. The molecule has 0 bridgehead atoms. The number of ether oxygens (including phenoxy) is 1. The predicted molar refractivity (Wildman–Crippen MR) is 119 cm³/mol. The fourth-order valence-corrected chi connectivity index (χ4v) is 3.26. The minimum Gasteiger partial charge on any atom is -0.481 e. The van der Waals surface area contributed by atoms with Crippen molar-refractivity contribution in [1.29, 1.82) is 0 Å². The number of carbonyl (C=O) groups excluding carboxylic acids is 1. The maximum absolute atomic E-state index is 13.1. The number of carboxylic acids is 1. The third-order valence-electron chi connectivity index (χ3n) is 5.20. The zero-order chi connectivity index (χ0) is 22.7. The summed E-state index contributed by atoms with van der Waals surface area (Å²) in [5.41, 5.74) is 1.80. The number of urea groups is 1. The van der Waals surface area contributed by atoms with E-state index in [0.29, 0.717) is 30.1 Å². The minimum absolute atomic E-state index is 0.102. The number of hydrogen-bond donors (Lipinski definition) is 3. The summed E-state index contributed by atoms with van der Waals surface area (Å²) in [6.07, 6.45) is 2.88. The van der Waals surface area contributed by atoms with E-state index in [1.54, 1.807) is 24.4 Å². The van der Waals surface area contributed by atoms with Crippen LogP contribution >= 0.6 is 11.6 Å². The number of carbonyl (C=O) groups is 2. The van der Waals surface area contributed by atoms with E-state index in [0.717, 1.165) is 17.2 Å². The second-order valence-electron chi connectivity index (χ2n) is 7.54. The summed E-state index contributed by atoms with van der Waals surface area (Å²) < 4.78 is 18.6. The van der Waals surface area contributed by atoms with Crippen molar-refractivity contribution in [3.05, 3.63) is 71.6 Å². The molecule has 2 aromatic carbocycles. The second-order valence-corrected chi connectivity index (χ2v) is 7.95. The molecule has 1 aromatic heterocycles. The molecule has 1 aliphatic rings. The van der Waals surface area contributed by atoms with Gasteiger partial charge in [-0.25, -0.2) is 14.2 Å². The molecule has 0 unspecified atom stereocenters. The SMILES string of the molecule is O=C(Nc1ccc(-c2ccc(OCC3(C(=O)O)CC3)nc2)cc1)Nc1ccc(F)cc1Cl. The Hall–Kier alpha value is -3.65. The van der Waals surface area contributed by atoms with Crippen LogP contribution in [0, 0.1) is 11.2 Å². The molecule has 4 rings (SSSR count). The molecule has 2 amide bonds. The summed E-state index contributed by atoms with van der Waals surface area (Å²) in [5, 5.41) is 14.5. The zero-order valence-corrected chi connectivity index (χ0v) is 17.5. The molecule has 0 aliphatic heterocycles. The van der Waals surface area contributed by atoms with E-state index in [2.05, 4.69) is 15.6 Å². The van der Waals surface area contributed by atoms with E-state index in [1.165, 1.54) is 12.1 Å². The van der Waals surface area contributed by atoms with Crippen molar-refractivity contribution in [1.82, 2.24) is 4.98 Å². The molecule has 1 heterocycles. The van der Waals surface area contributed by atoms with Gasteiger partial charge in [-0.3, -0.25) is 4.79 Å². The Bertz CT molecular complexity index is 1150. The Labute approximate surface area is 188 Å². The van der Waals surface area contributed by atoms with Crippen molar-refractivity contribution in [3.8, 4) is 17.0 Å². The number of rotatable bonds is 7. The molecule has 1 fully saturated rings. The van der Waals surface area contributed by atoms with Crippen LogP contribution in [0.4, 0.5) is 20.6 Å². The number of aromatic nitrogens is 1. The van der Waals surface area contributed by atoms with Crippen LogP contribution in [-0.2, 0) is 4.79 Å². The van der Waals surface area contributed by atoms with Gasteiger partial charge >= 0.3 is 12.0 Å². The number of benzene rings is 2. The Balaban J connectivity index is 1.34. The van der Waals surface area contributed by atoms with Gasteiger partial charge in [-0.1, -0.05) is 23.7 Å². The van der Waals surface area contributed by atoms with Gasteiger partial charge in [0.25, 0.3) is 0 Å². The molecule has 1 aliphatic carbocycles. The van der Waals surface area contributed by atoms with Gasteiger partial charge in [0, 0.05) is 23.5 Å². The van der Waals surface area contributed by atoms with E-state index in [1.807, 2.05) is 18.2 Å². The van der Waals surface area contributed by atoms with Crippen LogP contribution in [0.3, 0.4) is 0 Å². The normalized spacial score (nSPS) is 13.8. The summed E-state index contributed by atoms with van der Waals surface area (Å²) in [6, 6.07) is 13.8. The maximum atomic E-state index is 13.1. The van der Waals surface area contributed by atoms with E-state index < -0.39 is 23.2 Å². The number of aliphatic carboxylic acids is 1. The van der Waals surface area contributed by atoms with Gasteiger partial charge < -0.3 is 20.5 Å². The number of nitrogens with one attached hydrogen (secondary N) is 2. The lowest BCUT2D eigenvalue weighted by atomic mass is 10.1. The van der Waals surface area contributed by atoms with E-state index in [-0.39, 0.29) is 11.6 Å². The molecule has 0 spiro atoms. The first-order valence-electron chi connectivity index (χ1n) is 9.80. The van der Waals surface area contributed by atoms with Crippen molar-refractivity contribution >= 4 is 35.0 Å². The highest BCUT2D eigenvalue weighted by atomic mass is 35.5. The lowest BCUT2D eigenvalue weighted by Gasteiger charge is -2.11. The third-order valence-corrected chi connectivity index (χ3v) is 5.51. The predicted octanol–water partition coefficient (Wildman–Crippen LogP) is 5.43. The standard InChI is InChI=1S/C23H19ClFN3O4/c24-18-11-16(25)4-7-19(18)28-22(31)27-17-5-1-14(2-6-17)15-3-8-20(26-12-15)32-13-23(9-10-23)21(29)30/h1-8,11-12H,9-10,13H2,(H,29,30)(H2,27,28,31). The number of anilines is 2. The molecule has 1 saturated carbocycles. The lowest BCUT2D eigenvalue weighted by Crippen LogP contribution is -2.23. The Kier molecular flexibility index (Phi) is 5.96. The smallest absolute Gasteiger partial charge is 0.323 e. The van der Waals surface area contributed by atoms with Crippen LogP contribution in [0.1, 0.15) is 12.8 Å². The molecule has 3 aromatic rings. The van der Waals surface area contributed by atoms with Gasteiger partial charge in [-0.05, 0) is 54.8 Å². The van der Waals surface area contributed by atoms with Gasteiger partial charge in [0.2, 0.25) is 5.88 Å². The highest BCUT2D eigenvalue weighted by Crippen LogP contribution is 2.46. The molecular weight excluding hydrogens is 437 g/mol. The fourth-order valence-electron chi connectivity index (χ4n) is 3.04. The van der Waals surface area contributed by atoms with Crippen molar-refractivity contribution in [3.63, 3.8) is 0 Å². The number of amides is 2. The van der Waals surface area contributed by atoms with Crippen molar-refractivity contribution in [2.75, 3.05) is 17.2 Å². The first-order valence-corrected chi connectivity index (χ1v) is 10.2. The first-order chi connectivity index (χ1) is 15.3. The van der Waals surface area contributed by atoms with Crippen LogP contribution in [0.25, 0.3) is 11.1 Å². The zero-order valence-electron chi connectivity index (χ0n) is 16.8. The molecule has 0 saturated heterocycles. The Morgan fingerprint density at radius 2 is 1.78 bits per heavy atom. The molecule has 164 valence electrons. The summed E-state index contributed by atoms with van der Waals surface area (Å²) in [4.78, 5) is 27.6. The van der Waals surface area contributed by atoms with Crippen molar-refractivity contribution in [2.24, 2.45) is 5.41 Å². The van der Waals surface area contributed by atoms with Gasteiger partial charge in [-0.15, -0.1) is 0 Å². The lowest BCUT2D eigenvalue weighted by molar-refractivity contribution is -0.144. The third kappa shape index (κ3) is 4.97. The van der Waals surface area contributed by atoms with E-state index in [9.17, 15) is 19.1 Å². The van der Waals surface area contributed by atoms with Crippen molar-refractivity contribution in [2.45, 2.75) is 12.8 Å². The quantitative estimate of drug-likeness (QED) is 0.441.